The summed E-state index contributed by atoms with van der Waals surface area (Å²) >= 11 is 5.46. The van der Waals surface area contributed by atoms with Crippen molar-refractivity contribution in [3.05, 3.63) is 0 Å². The first-order valence-electron chi connectivity index (χ1n) is 6.34. The first-order valence-corrected chi connectivity index (χ1v) is 6.88. The second-order valence-electron chi connectivity index (χ2n) is 5.04. The van der Waals surface area contributed by atoms with E-state index < -0.39 is 0 Å². The summed E-state index contributed by atoms with van der Waals surface area (Å²) in [4.78, 5) is 23.1. The van der Waals surface area contributed by atoms with Crippen molar-refractivity contribution in [1.82, 2.24) is 10.6 Å². The molecule has 0 bridgehead atoms. The van der Waals surface area contributed by atoms with Gasteiger partial charge in [-0.15, -0.1) is 11.6 Å². The average molecular weight is 259 g/mol. The fourth-order valence-corrected chi connectivity index (χ4v) is 2.45. The molecule has 2 atom stereocenters. The standard InChI is InChI=1S/C12H19ClN2O2/c13-7-11(16)14-10-3-1-2-8(6-10)12(17)15-9-4-5-9/h8-10H,1-7H2,(H,14,16)(H,15,17)/t8-,10+/m0/s1. The molecule has 2 N–H and O–H groups in total. The van der Waals surface area contributed by atoms with Crippen LogP contribution in [0, 0.1) is 5.92 Å². The van der Waals surface area contributed by atoms with Crippen molar-refractivity contribution in [1.29, 1.82) is 0 Å². The Bertz CT molecular complexity index is 305. The smallest absolute Gasteiger partial charge is 0.235 e. The van der Waals surface area contributed by atoms with Crippen LogP contribution in [0.2, 0.25) is 0 Å². The van der Waals surface area contributed by atoms with Crippen LogP contribution in [0.25, 0.3) is 0 Å². The summed E-state index contributed by atoms with van der Waals surface area (Å²) in [5.41, 5.74) is 0. The summed E-state index contributed by atoms with van der Waals surface area (Å²) in [5.74, 6) is 0.0809. The van der Waals surface area contributed by atoms with Gasteiger partial charge in [0.05, 0.1) is 0 Å². The minimum absolute atomic E-state index is 0.00453. The normalized spacial score (nSPS) is 28.5. The Morgan fingerprint density at radius 1 is 1.06 bits per heavy atom. The Morgan fingerprint density at radius 3 is 2.47 bits per heavy atom. The number of rotatable bonds is 4. The molecule has 0 radical (unpaired) electrons. The highest BCUT2D eigenvalue weighted by molar-refractivity contribution is 6.27. The van der Waals surface area contributed by atoms with Gasteiger partial charge in [-0.2, -0.15) is 0 Å². The summed E-state index contributed by atoms with van der Waals surface area (Å²) in [6, 6.07) is 0.533. The van der Waals surface area contributed by atoms with E-state index in [0.29, 0.717) is 6.04 Å². The van der Waals surface area contributed by atoms with E-state index in [1.165, 1.54) is 0 Å². The van der Waals surface area contributed by atoms with Crippen molar-refractivity contribution in [2.75, 3.05) is 5.88 Å². The predicted octanol–water partition coefficient (Wildman–Crippen LogP) is 1.18. The van der Waals surface area contributed by atoms with Gasteiger partial charge in [-0.3, -0.25) is 9.59 Å². The minimum atomic E-state index is -0.139. The van der Waals surface area contributed by atoms with Gasteiger partial charge in [0, 0.05) is 18.0 Å². The van der Waals surface area contributed by atoms with E-state index >= 15 is 0 Å². The molecule has 2 amide bonds. The minimum Gasteiger partial charge on any atom is -0.353 e. The highest BCUT2D eigenvalue weighted by atomic mass is 35.5. The first-order chi connectivity index (χ1) is 8.19. The third-order valence-corrected chi connectivity index (χ3v) is 3.70. The fourth-order valence-electron chi connectivity index (χ4n) is 2.37. The van der Waals surface area contributed by atoms with Crippen LogP contribution in [0.4, 0.5) is 0 Å². The van der Waals surface area contributed by atoms with E-state index in [2.05, 4.69) is 10.6 Å². The molecule has 0 aliphatic heterocycles. The van der Waals surface area contributed by atoms with Gasteiger partial charge < -0.3 is 10.6 Å². The predicted molar refractivity (Wildman–Crippen MR) is 65.8 cm³/mol. The van der Waals surface area contributed by atoms with E-state index in [1.807, 2.05) is 0 Å². The maximum Gasteiger partial charge on any atom is 0.235 e. The molecule has 17 heavy (non-hydrogen) atoms. The maximum atomic E-state index is 11.9. The first kappa shape index (κ1) is 12.7. The second kappa shape index (κ2) is 5.71. The van der Waals surface area contributed by atoms with Crippen molar-refractivity contribution >= 4 is 23.4 Å². The highest BCUT2D eigenvalue weighted by Gasteiger charge is 2.31. The van der Waals surface area contributed by atoms with Crippen molar-refractivity contribution in [2.24, 2.45) is 5.92 Å². The fraction of sp³-hybridized carbons (Fsp3) is 0.833. The molecular weight excluding hydrogens is 240 g/mol. The molecule has 0 unspecified atom stereocenters. The molecule has 2 fully saturated rings. The van der Waals surface area contributed by atoms with Crippen LogP contribution in [0.5, 0.6) is 0 Å². The number of amides is 2. The van der Waals surface area contributed by atoms with Gasteiger partial charge in [0.2, 0.25) is 11.8 Å². The molecule has 0 saturated heterocycles. The van der Waals surface area contributed by atoms with Gasteiger partial charge in [-0.1, -0.05) is 6.42 Å². The van der Waals surface area contributed by atoms with Gasteiger partial charge in [0.25, 0.3) is 0 Å². The van der Waals surface area contributed by atoms with Crippen LogP contribution in [0.1, 0.15) is 38.5 Å². The highest BCUT2D eigenvalue weighted by Crippen LogP contribution is 2.26. The summed E-state index contributed by atoms with van der Waals surface area (Å²) in [5, 5.41) is 5.91. The Kier molecular flexibility index (Phi) is 4.26. The number of carbonyl (C=O) groups is 2. The van der Waals surface area contributed by atoms with Crippen molar-refractivity contribution < 1.29 is 9.59 Å². The van der Waals surface area contributed by atoms with Crippen molar-refractivity contribution in [3.63, 3.8) is 0 Å². The Labute approximate surface area is 106 Å². The van der Waals surface area contributed by atoms with E-state index in [9.17, 15) is 9.59 Å². The molecule has 96 valence electrons. The zero-order valence-corrected chi connectivity index (χ0v) is 10.6. The number of nitrogens with one attached hydrogen (secondary N) is 2. The molecule has 0 heterocycles. The third kappa shape index (κ3) is 3.87. The molecule has 0 spiro atoms. The molecule has 0 aromatic rings. The quantitative estimate of drug-likeness (QED) is 0.744. The van der Waals surface area contributed by atoms with Gasteiger partial charge in [-0.25, -0.2) is 0 Å². The summed E-state index contributed by atoms with van der Waals surface area (Å²) < 4.78 is 0. The molecule has 2 aliphatic carbocycles. The van der Waals surface area contributed by atoms with Gasteiger partial charge in [0.15, 0.2) is 0 Å². The molecule has 2 rings (SSSR count). The summed E-state index contributed by atoms with van der Waals surface area (Å²) in [6.07, 6.45) is 5.87. The monoisotopic (exact) mass is 258 g/mol. The van der Waals surface area contributed by atoms with Crippen molar-refractivity contribution in [3.8, 4) is 0 Å². The van der Waals surface area contributed by atoms with E-state index in [1.54, 1.807) is 0 Å². The van der Waals surface area contributed by atoms with Crippen LogP contribution in [-0.4, -0.2) is 29.8 Å². The molecule has 5 heteroatoms. The number of halogens is 1. The largest absolute Gasteiger partial charge is 0.353 e. The number of hydrogen-bond donors (Lipinski definition) is 2. The van der Waals surface area contributed by atoms with E-state index in [-0.39, 0.29) is 29.7 Å². The Hall–Kier alpha value is -0.770. The second-order valence-corrected chi connectivity index (χ2v) is 5.31. The molecule has 2 saturated carbocycles. The van der Waals surface area contributed by atoms with Crippen LogP contribution < -0.4 is 10.6 Å². The maximum absolute atomic E-state index is 11.9. The summed E-state index contributed by atoms with van der Waals surface area (Å²) in [7, 11) is 0. The lowest BCUT2D eigenvalue weighted by atomic mass is 9.85. The molecule has 0 aromatic carbocycles. The Balaban J connectivity index is 1.78. The lowest BCUT2D eigenvalue weighted by molar-refractivity contribution is -0.127. The van der Waals surface area contributed by atoms with Crippen LogP contribution in [0.3, 0.4) is 0 Å². The third-order valence-electron chi connectivity index (χ3n) is 3.46. The van der Waals surface area contributed by atoms with Crippen LogP contribution in [0.15, 0.2) is 0 Å². The van der Waals surface area contributed by atoms with Gasteiger partial charge >= 0.3 is 0 Å². The zero-order valence-electron chi connectivity index (χ0n) is 9.88. The number of alkyl halides is 1. The van der Waals surface area contributed by atoms with E-state index in [4.69, 9.17) is 11.6 Å². The molecule has 0 aromatic heterocycles. The topological polar surface area (TPSA) is 58.2 Å². The molecule has 2 aliphatic rings. The van der Waals surface area contributed by atoms with Crippen LogP contribution >= 0.6 is 11.6 Å². The molecule has 4 nitrogen and oxygen atoms in total. The summed E-state index contributed by atoms with van der Waals surface area (Å²) in [6.45, 7) is 0. The molecular formula is C12H19ClN2O2. The zero-order chi connectivity index (χ0) is 12.3. The SMILES string of the molecule is O=C(CCl)N[C@@H]1CCC[C@H](C(=O)NC2CC2)C1. The van der Waals surface area contributed by atoms with Crippen LogP contribution in [-0.2, 0) is 9.59 Å². The van der Waals surface area contributed by atoms with Gasteiger partial charge in [0.1, 0.15) is 5.88 Å². The number of hydrogen-bond acceptors (Lipinski definition) is 2. The van der Waals surface area contributed by atoms with Gasteiger partial charge in [-0.05, 0) is 32.1 Å². The van der Waals surface area contributed by atoms with E-state index in [0.717, 1.165) is 38.5 Å². The lowest BCUT2D eigenvalue weighted by Gasteiger charge is -2.28. The lowest BCUT2D eigenvalue weighted by Crippen LogP contribution is -2.43. The Morgan fingerprint density at radius 2 is 1.82 bits per heavy atom. The van der Waals surface area contributed by atoms with Crippen molar-refractivity contribution in [2.45, 2.75) is 50.6 Å². The number of carbonyl (C=O) groups excluding carboxylic acids is 2. The average Bonchev–Trinajstić information content (AvgIpc) is 3.13.